The van der Waals surface area contributed by atoms with Crippen LogP contribution in [0.3, 0.4) is 0 Å². The third kappa shape index (κ3) is 5.52. The zero-order valence-electron chi connectivity index (χ0n) is 16.1. The van der Waals surface area contributed by atoms with Crippen molar-refractivity contribution in [2.45, 2.75) is 13.5 Å². The summed E-state index contributed by atoms with van der Waals surface area (Å²) in [6.45, 7) is 2.16. The first-order chi connectivity index (χ1) is 14.6. The number of carbonyl (C=O) groups is 1. The average Bonchev–Trinajstić information content (AvgIpc) is 2.76. The summed E-state index contributed by atoms with van der Waals surface area (Å²) in [5, 5.41) is 10.8. The number of non-ortho nitro benzene ring substituents is 1. The second-order valence-electron chi connectivity index (χ2n) is 6.02. The van der Waals surface area contributed by atoms with Crippen LogP contribution in [0.1, 0.15) is 22.8 Å². The average molecular weight is 409 g/mol. The van der Waals surface area contributed by atoms with Gasteiger partial charge in [0.25, 0.3) is 5.69 Å². The molecule has 0 unspecified atom stereocenters. The summed E-state index contributed by atoms with van der Waals surface area (Å²) in [4.78, 5) is 32.2. The van der Waals surface area contributed by atoms with Crippen molar-refractivity contribution in [3.63, 3.8) is 0 Å². The molecule has 0 atom stereocenters. The first-order valence-corrected chi connectivity index (χ1v) is 9.08. The maximum absolute atomic E-state index is 12.3. The second kappa shape index (κ2) is 9.99. The predicted molar refractivity (Wildman–Crippen MR) is 108 cm³/mol. The Hall–Kier alpha value is -3.98. The Morgan fingerprint density at radius 2 is 1.83 bits per heavy atom. The number of nitro groups is 1. The molecule has 2 aromatic carbocycles. The van der Waals surface area contributed by atoms with Gasteiger partial charge in [0.1, 0.15) is 17.1 Å². The number of pyridine rings is 1. The molecule has 3 aromatic rings. The summed E-state index contributed by atoms with van der Waals surface area (Å²) in [5.74, 6) is 0.212. The third-order valence-corrected chi connectivity index (χ3v) is 3.89. The summed E-state index contributed by atoms with van der Waals surface area (Å²) < 4.78 is 10.7. The van der Waals surface area contributed by atoms with E-state index in [1.54, 1.807) is 6.92 Å². The minimum absolute atomic E-state index is 0.0530. The molecule has 0 spiro atoms. The van der Waals surface area contributed by atoms with Crippen LogP contribution in [0, 0.1) is 10.1 Å². The first-order valence-electron chi connectivity index (χ1n) is 9.08. The van der Waals surface area contributed by atoms with Crippen molar-refractivity contribution < 1.29 is 24.0 Å². The molecule has 9 heteroatoms. The lowest BCUT2D eigenvalue weighted by Gasteiger charge is -2.12. The van der Waals surface area contributed by atoms with Gasteiger partial charge in [-0.1, -0.05) is 30.3 Å². The Morgan fingerprint density at radius 1 is 1.10 bits per heavy atom. The molecule has 0 fully saturated rings. The topological polar surface area (TPSA) is 113 Å². The Kier molecular flexibility index (Phi) is 6.91. The molecular formula is C21H19N3O6. The molecule has 3 rings (SSSR count). The summed E-state index contributed by atoms with van der Waals surface area (Å²) >= 11 is 0. The number of carbonyl (C=O) groups excluding carboxylic acids is 1. The Morgan fingerprint density at radius 3 is 2.50 bits per heavy atom. The monoisotopic (exact) mass is 409 g/mol. The van der Waals surface area contributed by atoms with E-state index >= 15 is 0 Å². The van der Waals surface area contributed by atoms with Crippen LogP contribution in [0.5, 0.6) is 11.5 Å². The summed E-state index contributed by atoms with van der Waals surface area (Å²) in [6, 6.07) is 16.5. The van der Waals surface area contributed by atoms with Gasteiger partial charge in [0.05, 0.1) is 24.3 Å². The molecule has 9 nitrogen and oxygen atoms in total. The van der Waals surface area contributed by atoms with Gasteiger partial charge in [-0.2, -0.15) is 0 Å². The molecule has 1 aromatic heterocycles. The summed E-state index contributed by atoms with van der Waals surface area (Å²) in [5.41, 5.74) is 3.69. The standard InChI is InChI=1S/C21H19N3O6/c1-2-28-21(25)19-12-18(30-17-10-8-16(9-11-17)24(26)27)13-22-20(19)23-29-14-15-6-4-3-5-7-15/h3-13H,2,14H2,1H3,(H,22,23). The van der Waals surface area contributed by atoms with Gasteiger partial charge in [0.2, 0.25) is 0 Å². The maximum atomic E-state index is 12.3. The van der Waals surface area contributed by atoms with Gasteiger partial charge in [0.15, 0.2) is 5.82 Å². The number of aromatic nitrogens is 1. The molecule has 0 aliphatic rings. The lowest BCUT2D eigenvalue weighted by molar-refractivity contribution is -0.384. The zero-order valence-corrected chi connectivity index (χ0v) is 16.1. The van der Waals surface area contributed by atoms with E-state index in [0.29, 0.717) is 5.75 Å². The van der Waals surface area contributed by atoms with Crippen molar-refractivity contribution in [1.82, 2.24) is 4.98 Å². The quantitative estimate of drug-likeness (QED) is 0.312. The fraction of sp³-hybridized carbons (Fsp3) is 0.143. The van der Waals surface area contributed by atoms with Crippen molar-refractivity contribution in [1.29, 1.82) is 0 Å². The smallest absolute Gasteiger partial charge is 0.342 e. The molecule has 0 saturated carbocycles. The van der Waals surface area contributed by atoms with E-state index in [2.05, 4.69) is 10.5 Å². The van der Waals surface area contributed by atoms with Crippen LogP contribution in [-0.2, 0) is 16.2 Å². The molecule has 1 N–H and O–H groups in total. The molecule has 154 valence electrons. The molecule has 30 heavy (non-hydrogen) atoms. The van der Waals surface area contributed by atoms with Crippen LogP contribution in [0.25, 0.3) is 0 Å². The van der Waals surface area contributed by atoms with Crippen molar-refractivity contribution in [2.24, 2.45) is 0 Å². The fourth-order valence-corrected chi connectivity index (χ4v) is 2.48. The number of hydrogen-bond donors (Lipinski definition) is 1. The van der Waals surface area contributed by atoms with Gasteiger partial charge >= 0.3 is 5.97 Å². The van der Waals surface area contributed by atoms with Crippen LogP contribution in [-0.4, -0.2) is 22.5 Å². The van der Waals surface area contributed by atoms with Crippen LogP contribution in [0.4, 0.5) is 11.5 Å². The highest BCUT2D eigenvalue weighted by Crippen LogP contribution is 2.26. The van der Waals surface area contributed by atoms with E-state index in [9.17, 15) is 14.9 Å². The Bertz CT molecular complexity index is 1010. The number of rotatable bonds is 9. The summed E-state index contributed by atoms with van der Waals surface area (Å²) in [7, 11) is 0. The third-order valence-electron chi connectivity index (χ3n) is 3.89. The van der Waals surface area contributed by atoms with Gasteiger partial charge in [0, 0.05) is 18.2 Å². The van der Waals surface area contributed by atoms with Crippen molar-refractivity contribution in [2.75, 3.05) is 12.1 Å². The molecule has 0 aliphatic heterocycles. The fourth-order valence-electron chi connectivity index (χ4n) is 2.48. The SMILES string of the molecule is CCOC(=O)c1cc(Oc2ccc([N+](=O)[O-])cc2)cnc1NOCc1ccccc1. The molecule has 0 radical (unpaired) electrons. The van der Waals surface area contributed by atoms with Crippen molar-refractivity contribution in [3.8, 4) is 11.5 Å². The van der Waals surface area contributed by atoms with Gasteiger partial charge in [-0.3, -0.25) is 15.0 Å². The molecule has 1 heterocycles. The molecule has 0 amide bonds. The van der Waals surface area contributed by atoms with Crippen molar-refractivity contribution >= 4 is 17.5 Å². The lowest BCUT2D eigenvalue weighted by Crippen LogP contribution is -2.12. The number of ether oxygens (including phenoxy) is 2. The Labute approximate surface area is 172 Å². The first kappa shape index (κ1) is 20.7. The number of hydrogen-bond acceptors (Lipinski definition) is 8. The van der Waals surface area contributed by atoms with Crippen LogP contribution >= 0.6 is 0 Å². The normalized spacial score (nSPS) is 10.3. The van der Waals surface area contributed by atoms with Crippen LogP contribution in [0.15, 0.2) is 66.9 Å². The predicted octanol–water partition coefficient (Wildman–Crippen LogP) is 4.50. The van der Waals surface area contributed by atoms with Gasteiger partial charge < -0.3 is 9.47 Å². The van der Waals surface area contributed by atoms with E-state index in [1.807, 2.05) is 30.3 Å². The highest BCUT2D eigenvalue weighted by Gasteiger charge is 2.17. The number of nitro benzene ring substituents is 1. The minimum Gasteiger partial charge on any atom is -0.462 e. The highest BCUT2D eigenvalue weighted by molar-refractivity contribution is 5.94. The highest BCUT2D eigenvalue weighted by atomic mass is 16.6. The van der Waals surface area contributed by atoms with E-state index in [1.165, 1.54) is 36.5 Å². The van der Waals surface area contributed by atoms with Crippen LogP contribution in [0.2, 0.25) is 0 Å². The number of nitrogens with zero attached hydrogens (tertiary/aromatic N) is 2. The second-order valence-corrected chi connectivity index (χ2v) is 6.02. The minimum atomic E-state index is -0.593. The lowest BCUT2D eigenvalue weighted by atomic mass is 10.2. The number of nitrogens with one attached hydrogen (secondary N) is 1. The van der Waals surface area contributed by atoms with Gasteiger partial charge in [-0.25, -0.2) is 15.3 Å². The molecular weight excluding hydrogens is 390 g/mol. The molecule has 0 aliphatic carbocycles. The van der Waals surface area contributed by atoms with Crippen LogP contribution < -0.4 is 10.2 Å². The Balaban J connectivity index is 1.74. The zero-order chi connectivity index (χ0) is 21.3. The number of anilines is 1. The van der Waals surface area contributed by atoms with E-state index < -0.39 is 10.9 Å². The van der Waals surface area contributed by atoms with E-state index in [-0.39, 0.29) is 36.0 Å². The maximum Gasteiger partial charge on any atom is 0.342 e. The number of esters is 1. The number of benzene rings is 2. The van der Waals surface area contributed by atoms with E-state index in [4.69, 9.17) is 14.3 Å². The molecule has 0 bridgehead atoms. The van der Waals surface area contributed by atoms with Gasteiger partial charge in [-0.15, -0.1) is 0 Å². The van der Waals surface area contributed by atoms with Gasteiger partial charge in [-0.05, 0) is 24.6 Å². The summed E-state index contributed by atoms with van der Waals surface area (Å²) in [6.07, 6.45) is 1.40. The van der Waals surface area contributed by atoms with Crippen molar-refractivity contribution in [3.05, 3.63) is 88.1 Å². The molecule has 0 saturated heterocycles. The van der Waals surface area contributed by atoms with E-state index in [0.717, 1.165) is 5.56 Å². The largest absolute Gasteiger partial charge is 0.462 e.